The molecule has 3 heterocycles. The largest absolute Gasteiger partial charge is 0.490 e. The molecule has 1 aliphatic heterocycles. The molecular formula is C20H20N6O3. The predicted octanol–water partition coefficient (Wildman–Crippen LogP) is 2.46. The number of aromatic nitrogens is 3. The lowest BCUT2D eigenvalue weighted by Gasteiger charge is -2.30. The van der Waals surface area contributed by atoms with Crippen molar-refractivity contribution in [1.82, 2.24) is 20.0 Å². The third-order valence-corrected chi connectivity index (χ3v) is 4.45. The molecule has 0 bridgehead atoms. The van der Waals surface area contributed by atoms with Gasteiger partial charge in [0.1, 0.15) is 30.3 Å². The Bertz CT molecular complexity index is 998. The van der Waals surface area contributed by atoms with Gasteiger partial charge in [0, 0.05) is 19.2 Å². The molecule has 29 heavy (non-hydrogen) atoms. The first-order valence-electron chi connectivity index (χ1n) is 9.19. The molecule has 2 aromatic heterocycles. The Morgan fingerprint density at radius 2 is 2.17 bits per heavy atom. The van der Waals surface area contributed by atoms with Crippen molar-refractivity contribution in [1.29, 1.82) is 5.26 Å². The predicted molar refractivity (Wildman–Crippen MR) is 105 cm³/mol. The van der Waals surface area contributed by atoms with E-state index in [0.29, 0.717) is 36.4 Å². The van der Waals surface area contributed by atoms with Crippen LogP contribution in [0.5, 0.6) is 5.75 Å². The van der Waals surface area contributed by atoms with Gasteiger partial charge in [0.25, 0.3) is 0 Å². The summed E-state index contributed by atoms with van der Waals surface area (Å²) >= 11 is 0. The van der Waals surface area contributed by atoms with E-state index >= 15 is 0 Å². The maximum absolute atomic E-state index is 8.79. The molecule has 1 unspecified atom stereocenters. The first-order chi connectivity index (χ1) is 14.2. The number of para-hydroxylation sites is 1. The fourth-order valence-corrected chi connectivity index (χ4v) is 2.99. The van der Waals surface area contributed by atoms with E-state index in [0.717, 1.165) is 18.7 Å². The van der Waals surface area contributed by atoms with Crippen molar-refractivity contribution in [2.24, 2.45) is 0 Å². The molecule has 0 spiro atoms. The third kappa shape index (κ3) is 4.68. The highest BCUT2D eigenvalue weighted by molar-refractivity contribution is 5.68. The number of rotatable bonds is 6. The van der Waals surface area contributed by atoms with Gasteiger partial charge in [-0.15, -0.1) is 0 Å². The summed E-state index contributed by atoms with van der Waals surface area (Å²) in [7, 11) is 2.07. The van der Waals surface area contributed by atoms with E-state index < -0.39 is 0 Å². The summed E-state index contributed by atoms with van der Waals surface area (Å²) in [6, 6.07) is 11.3. The summed E-state index contributed by atoms with van der Waals surface area (Å²) in [5.74, 6) is 2.20. The standard InChI is InChI=1S/C20H20N6O3/c1-26-6-7-27-15(12-26)13-28-17-5-3-2-4-16(17)18-8-19(25-29-18)24-20-11-22-14(9-21)10-23-20/h2-5,8,10-11,15H,6-7,12-13H2,1H3,(H,23,24,25). The van der Waals surface area contributed by atoms with E-state index in [9.17, 15) is 0 Å². The monoisotopic (exact) mass is 392 g/mol. The van der Waals surface area contributed by atoms with E-state index in [1.807, 2.05) is 30.3 Å². The van der Waals surface area contributed by atoms with Crippen molar-refractivity contribution in [3.63, 3.8) is 0 Å². The van der Waals surface area contributed by atoms with Gasteiger partial charge < -0.3 is 24.2 Å². The smallest absolute Gasteiger partial charge is 0.175 e. The molecule has 1 N–H and O–H groups in total. The second kappa shape index (κ2) is 8.68. The number of hydrogen-bond donors (Lipinski definition) is 1. The van der Waals surface area contributed by atoms with Crippen molar-refractivity contribution in [3.8, 4) is 23.1 Å². The van der Waals surface area contributed by atoms with Crippen LogP contribution < -0.4 is 10.1 Å². The summed E-state index contributed by atoms with van der Waals surface area (Å²) in [5, 5.41) is 15.8. The zero-order valence-electron chi connectivity index (χ0n) is 15.9. The molecule has 1 atom stereocenters. The van der Waals surface area contributed by atoms with Crippen LogP contribution in [0.3, 0.4) is 0 Å². The molecule has 148 valence electrons. The fourth-order valence-electron chi connectivity index (χ4n) is 2.99. The molecule has 1 saturated heterocycles. The van der Waals surface area contributed by atoms with E-state index in [1.165, 1.54) is 12.4 Å². The minimum Gasteiger partial charge on any atom is -0.490 e. The molecule has 1 fully saturated rings. The van der Waals surface area contributed by atoms with E-state index in [-0.39, 0.29) is 11.8 Å². The van der Waals surface area contributed by atoms with Crippen molar-refractivity contribution in [2.45, 2.75) is 6.10 Å². The van der Waals surface area contributed by atoms with Gasteiger partial charge >= 0.3 is 0 Å². The Morgan fingerprint density at radius 1 is 1.28 bits per heavy atom. The van der Waals surface area contributed by atoms with Crippen LogP contribution in [0.2, 0.25) is 0 Å². The second-order valence-corrected chi connectivity index (χ2v) is 6.66. The Kier molecular flexibility index (Phi) is 5.65. The minimum atomic E-state index is 0.0312. The van der Waals surface area contributed by atoms with Gasteiger partial charge in [0.05, 0.1) is 24.6 Å². The van der Waals surface area contributed by atoms with Crippen LogP contribution in [0, 0.1) is 11.3 Å². The molecule has 0 radical (unpaired) electrons. The number of ether oxygens (including phenoxy) is 2. The molecule has 9 heteroatoms. The van der Waals surface area contributed by atoms with Crippen LogP contribution >= 0.6 is 0 Å². The summed E-state index contributed by atoms with van der Waals surface area (Å²) in [6.45, 7) is 2.94. The van der Waals surface area contributed by atoms with Crippen LogP contribution in [0.4, 0.5) is 11.6 Å². The van der Waals surface area contributed by atoms with Crippen LogP contribution in [0.25, 0.3) is 11.3 Å². The van der Waals surface area contributed by atoms with Gasteiger partial charge in [-0.3, -0.25) is 0 Å². The molecule has 1 aliphatic rings. The first-order valence-corrected chi connectivity index (χ1v) is 9.19. The number of morpholine rings is 1. The van der Waals surface area contributed by atoms with Gasteiger partial charge in [-0.1, -0.05) is 17.3 Å². The van der Waals surface area contributed by atoms with Crippen LogP contribution in [0.15, 0.2) is 47.2 Å². The van der Waals surface area contributed by atoms with E-state index in [4.69, 9.17) is 19.3 Å². The van der Waals surface area contributed by atoms with Crippen LogP contribution in [0.1, 0.15) is 5.69 Å². The van der Waals surface area contributed by atoms with Gasteiger partial charge in [-0.25, -0.2) is 9.97 Å². The molecule has 1 aromatic carbocycles. The van der Waals surface area contributed by atoms with Crippen molar-refractivity contribution in [2.75, 3.05) is 38.7 Å². The summed E-state index contributed by atoms with van der Waals surface area (Å²) < 4.78 is 17.3. The molecule has 0 aliphatic carbocycles. The number of hydrogen-bond acceptors (Lipinski definition) is 9. The Morgan fingerprint density at radius 3 is 2.97 bits per heavy atom. The lowest BCUT2D eigenvalue weighted by Crippen LogP contribution is -2.42. The maximum atomic E-state index is 8.79. The highest BCUT2D eigenvalue weighted by atomic mass is 16.5. The molecular weight excluding hydrogens is 372 g/mol. The number of nitriles is 1. The normalized spacial score (nSPS) is 16.9. The topological polar surface area (TPSA) is 109 Å². The average molecular weight is 392 g/mol. The summed E-state index contributed by atoms with van der Waals surface area (Å²) in [6.07, 6.45) is 2.88. The summed E-state index contributed by atoms with van der Waals surface area (Å²) in [5.41, 5.74) is 1.04. The third-order valence-electron chi connectivity index (χ3n) is 4.45. The van der Waals surface area contributed by atoms with Crippen molar-refractivity contribution >= 4 is 11.6 Å². The Balaban J connectivity index is 1.45. The Hall–Kier alpha value is -3.48. The van der Waals surface area contributed by atoms with Gasteiger partial charge in [0.2, 0.25) is 0 Å². The molecule has 3 aromatic rings. The van der Waals surface area contributed by atoms with E-state index in [1.54, 1.807) is 6.07 Å². The Labute approximate surface area is 167 Å². The second-order valence-electron chi connectivity index (χ2n) is 6.66. The SMILES string of the molecule is CN1CCOC(COc2ccccc2-c2cc(Nc3cnc(C#N)cn3)no2)C1. The quantitative estimate of drug-likeness (QED) is 0.676. The molecule has 0 saturated carbocycles. The maximum Gasteiger partial charge on any atom is 0.175 e. The number of benzene rings is 1. The lowest BCUT2D eigenvalue weighted by atomic mass is 10.1. The summed E-state index contributed by atoms with van der Waals surface area (Å²) in [4.78, 5) is 10.3. The average Bonchev–Trinajstić information content (AvgIpc) is 3.21. The molecule has 0 amide bonds. The highest BCUT2D eigenvalue weighted by Gasteiger charge is 2.19. The highest BCUT2D eigenvalue weighted by Crippen LogP contribution is 2.32. The lowest BCUT2D eigenvalue weighted by molar-refractivity contribution is -0.0402. The number of anilines is 2. The number of nitrogens with zero attached hydrogens (tertiary/aromatic N) is 5. The first kappa shape index (κ1) is 18.9. The van der Waals surface area contributed by atoms with Gasteiger partial charge in [-0.2, -0.15) is 5.26 Å². The van der Waals surface area contributed by atoms with E-state index in [2.05, 4.69) is 32.4 Å². The van der Waals surface area contributed by atoms with Crippen LogP contribution in [-0.2, 0) is 4.74 Å². The zero-order chi connectivity index (χ0) is 20.1. The fraction of sp³-hybridized carbons (Fsp3) is 0.300. The van der Waals surface area contributed by atoms with Gasteiger partial charge in [-0.05, 0) is 19.2 Å². The number of likely N-dealkylation sites (N-methyl/N-ethyl adjacent to an activating group) is 1. The van der Waals surface area contributed by atoms with Crippen molar-refractivity contribution < 1.29 is 14.0 Å². The number of nitrogens with one attached hydrogen (secondary N) is 1. The molecule has 4 rings (SSSR count). The van der Waals surface area contributed by atoms with Gasteiger partial charge in [0.15, 0.2) is 17.3 Å². The zero-order valence-corrected chi connectivity index (χ0v) is 15.9. The van der Waals surface area contributed by atoms with Crippen molar-refractivity contribution in [3.05, 3.63) is 48.4 Å². The van der Waals surface area contributed by atoms with Crippen LogP contribution in [-0.4, -0.2) is 59.5 Å². The molecule has 9 nitrogen and oxygen atoms in total. The minimum absolute atomic E-state index is 0.0312.